The van der Waals surface area contributed by atoms with Gasteiger partial charge < -0.3 is 15.0 Å². The fraction of sp³-hybridized carbons (Fsp3) is 0.348. The quantitative estimate of drug-likeness (QED) is 0.392. The predicted molar refractivity (Wildman–Crippen MR) is 128 cm³/mol. The Morgan fingerprint density at radius 1 is 1.12 bits per heavy atom. The Kier molecular flexibility index (Phi) is 6.62. The van der Waals surface area contributed by atoms with E-state index in [0.717, 1.165) is 31.6 Å². The number of nitrogens with one attached hydrogen (secondary N) is 1. The van der Waals surface area contributed by atoms with Crippen LogP contribution < -0.4 is 5.32 Å². The second kappa shape index (κ2) is 9.44. The summed E-state index contributed by atoms with van der Waals surface area (Å²) in [5.41, 5.74) is 1.97. The number of aromatic nitrogens is 3. The van der Waals surface area contributed by atoms with Crippen molar-refractivity contribution in [2.45, 2.75) is 39.2 Å². The number of benzene rings is 1. The Labute approximate surface area is 201 Å². The van der Waals surface area contributed by atoms with E-state index in [9.17, 15) is 9.59 Å². The molecule has 0 saturated carbocycles. The molecule has 10 heteroatoms. The molecule has 3 aromatic rings. The number of hydrogen-bond donors (Lipinski definition) is 1. The van der Waals surface area contributed by atoms with Crippen molar-refractivity contribution in [1.29, 1.82) is 0 Å². The van der Waals surface area contributed by atoms with Crippen LogP contribution in [0.1, 0.15) is 53.8 Å². The van der Waals surface area contributed by atoms with Crippen molar-refractivity contribution >= 4 is 46.2 Å². The molecule has 0 bridgehead atoms. The molecular formula is C23H24ClN5O3S. The molecule has 1 aliphatic heterocycles. The highest BCUT2D eigenvalue weighted by molar-refractivity contribution is 7.16. The molecule has 33 heavy (non-hydrogen) atoms. The van der Waals surface area contributed by atoms with Crippen molar-refractivity contribution in [1.82, 2.24) is 20.1 Å². The number of hydrogen-bond acceptors (Lipinski definition) is 8. The summed E-state index contributed by atoms with van der Waals surface area (Å²) in [7, 11) is 0. The highest BCUT2D eigenvalue weighted by Crippen LogP contribution is 2.34. The van der Waals surface area contributed by atoms with Gasteiger partial charge >= 0.3 is 5.97 Å². The third-order valence-corrected chi connectivity index (χ3v) is 6.05. The van der Waals surface area contributed by atoms with Crippen LogP contribution in [0.2, 0.25) is 5.15 Å². The van der Waals surface area contributed by atoms with E-state index in [1.165, 1.54) is 11.3 Å². The van der Waals surface area contributed by atoms with E-state index in [-0.39, 0.29) is 11.9 Å². The van der Waals surface area contributed by atoms with Gasteiger partial charge in [0.05, 0.1) is 16.8 Å². The third kappa shape index (κ3) is 5.66. The van der Waals surface area contributed by atoms with Crippen LogP contribution in [0.25, 0.3) is 10.6 Å². The number of amides is 1. The Balaban J connectivity index is 1.55. The average Bonchev–Trinajstić information content (AvgIpc) is 3.45. The monoisotopic (exact) mass is 485 g/mol. The van der Waals surface area contributed by atoms with Crippen molar-refractivity contribution in [3.63, 3.8) is 0 Å². The molecule has 0 aliphatic carbocycles. The zero-order chi connectivity index (χ0) is 23.6. The third-order valence-electron chi connectivity index (χ3n) is 4.90. The number of likely N-dealkylation sites (tertiary alicyclic amines) is 1. The fourth-order valence-electron chi connectivity index (χ4n) is 3.36. The smallest absolute Gasteiger partial charge is 0.338 e. The summed E-state index contributed by atoms with van der Waals surface area (Å²) in [6.45, 7) is 6.98. The lowest BCUT2D eigenvalue weighted by Gasteiger charge is -2.19. The number of anilines is 2. The molecular weight excluding hydrogens is 462 g/mol. The van der Waals surface area contributed by atoms with Gasteiger partial charge in [-0.05, 0) is 63.9 Å². The van der Waals surface area contributed by atoms with Gasteiger partial charge in [-0.1, -0.05) is 22.9 Å². The number of pyridine rings is 1. The Morgan fingerprint density at radius 2 is 1.82 bits per heavy atom. The lowest BCUT2D eigenvalue weighted by atomic mass is 10.1. The molecule has 3 heterocycles. The molecule has 1 fully saturated rings. The number of carbonyl (C=O) groups is 2. The molecule has 1 N–H and O–H groups in total. The number of nitrogens with zero attached hydrogens (tertiary/aromatic N) is 4. The van der Waals surface area contributed by atoms with E-state index < -0.39 is 5.60 Å². The highest BCUT2D eigenvalue weighted by Gasteiger charge is 2.24. The van der Waals surface area contributed by atoms with Crippen molar-refractivity contribution in [2.75, 3.05) is 18.4 Å². The first-order chi connectivity index (χ1) is 15.7. The summed E-state index contributed by atoms with van der Waals surface area (Å²) in [4.78, 5) is 30.9. The Morgan fingerprint density at radius 3 is 2.48 bits per heavy atom. The summed E-state index contributed by atoms with van der Waals surface area (Å²) in [6, 6.07) is 8.62. The molecule has 0 atom stereocenters. The van der Waals surface area contributed by atoms with Crippen molar-refractivity contribution in [3.05, 3.63) is 52.3 Å². The lowest BCUT2D eigenvalue weighted by Crippen LogP contribution is -2.27. The molecule has 0 spiro atoms. The lowest BCUT2D eigenvalue weighted by molar-refractivity contribution is 0.00694. The van der Waals surface area contributed by atoms with E-state index in [4.69, 9.17) is 16.3 Å². The molecule has 4 rings (SSSR count). The summed E-state index contributed by atoms with van der Waals surface area (Å²) in [5, 5.41) is 12.8. The van der Waals surface area contributed by atoms with Crippen molar-refractivity contribution in [2.24, 2.45) is 0 Å². The first-order valence-electron chi connectivity index (χ1n) is 10.6. The van der Waals surface area contributed by atoms with Crippen molar-refractivity contribution in [3.8, 4) is 10.6 Å². The number of halogens is 1. The van der Waals surface area contributed by atoms with Crippen LogP contribution in [0.3, 0.4) is 0 Å². The molecule has 0 radical (unpaired) electrons. The fourth-order valence-corrected chi connectivity index (χ4v) is 4.35. The normalized spacial score (nSPS) is 13.8. The van der Waals surface area contributed by atoms with Gasteiger partial charge in [-0.2, -0.15) is 0 Å². The molecule has 2 aromatic heterocycles. The zero-order valence-electron chi connectivity index (χ0n) is 18.6. The summed E-state index contributed by atoms with van der Waals surface area (Å²) < 4.78 is 5.40. The van der Waals surface area contributed by atoms with Gasteiger partial charge in [-0.15, -0.1) is 10.2 Å². The standard InChI is InChI=1S/C23H24ClN5O3S/c1-23(2,3)32-22(31)14-6-8-15(9-7-14)26-17-12-18(24)25-13-16(17)19-27-28-20(33-19)21(30)29-10-4-5-11-29/h6-9,12-13H,4-5,10-11H2,1-3H3,(H,25,26). The Hall–Kier alpha value is -3.04. The van der Waals surface area contributed by atoms with Crippen LogP contribution in [0.15, 0.2) is 36.5 Å². The molecule has 0 unspecified atom stereocenters. The number of rotatable bonds is 5. The predicted octanol–water partition coefficient (Wildman–Crippen LogP) is 5.19. The highest BCUT2D eigenvalue weighted by atomic mass is 35.5. The van der Waals surface area contributed by atoms with Crippen LogP contribution in [0.5, 0.6) is 0 Å². The summed E-state index contributed by atoms with van der Waals surface area (Å²) >= 11 is 7.36. The molecule has 1 aliphatic rings. The van der Waals surface area contributed by atoms with Crippen LogP contribution in [-0.4, -0.2) is 50.6 Å². The van der Waals surface area contributed by atoms with Gasteiger partial charge in [0.1, 0.15) is 10.8 Å². The molecule has 172 valence electrons. The van der Waals surface area contributed by atoms with Gasteiger partial charge in [-0.3, -0.25) is 4.79 Å². The second-order valence-corrected chi connectivity index (χ2v) is 10.0. The molecule has 1 aromatic carbocycles. The van der Waals surface area contributed by atoms with Crippen LogP contribution in [0, 0.1) is 0 Å². The molecule has 1 amide bonds. The van der Waals surface area contributed by atoms with E-state index in [1.807, 2.05) is 20.8 Å². The Bertz CT molecular complexity index is 1170. The van der Waals surface area contributed by atoms with Gasteiger partial charge in [-0.25, -0.2) is 9.78 Å². The van der Waals surface area contributed by atoms with Crippen LogP contribution >= 0.6 is 22.9 Å². The maximum atomic E-state index is 12.6. The van der Waals surface area contributed by atoms with Gasteiger partial charge in [0.25, 0.3) is 5.91 Å². The maximum absolute atomic E-state index is 12.6. The summed E-state index contributed by atoms with van der Waals surface area (Å²) in [6.07, 6.45) is 3.63. The van der Waals surface area contributed by atoms with E-state index in [2.05, 4.69) is 20.5 Å². The number of carbonyl (C=O) groups excluding carboxylic acids is 2. The van der Waals surface area contributed by atoms with Gasteiger partial charge in [0.2, 0.25) is 5.01 Å². The van der Waals surface area contributed by atoms with Crippen LogP contribution in [0.4, 0.5) is 11.4 Å². The largest absolute Gasteiger partial charge is 0.456 e. The molecule has 1 saturated heterocycles. The number of esters is 1. The zero-order valence-corrected chi connectivity index (χ0v) is 20.2. The second-order valence-electron chi connectivity index (χ2n) is 8.67. The van der Waals surface area contributed by atoms with E-state index in [0.29, 0.717) is 32.0 Å². The topological polar surface area (TPSA) is 97.3 Å². The maximum Gasteiger partial charge on any atom is 0.338 e. The van der Waals surface area contributed by atoms with E-state index in [1.54, 1.807) is 41.4 Å². The van der Waals surface area contributed by atoms with Crippen LogP contribution in [-0.2, 0) is 4.74 Å². The van der Waals surface area contributed by atoms with Gasteiger partial charge in [0, 0.05) is 25.0 Å². The van der Waals surface area contributed by atoms with E-state index >= 15 is 0 Å². The SMILES string of the molecule is CC(C)(C)OC(=O)c1ccc(Nc2cc(Cl)ncc2-c2nnc(C(=O)N3CCCC3)s2)cc1. The first-order valence-corrected chi connectivity index (χ1v) is 11.8. The number of ether oxygens (including phenoxy) is 1. The first kappa shape index (κ1) is 23.1. The minimum Gasteiger partial charge on any atom is -0.456 e. The average molecular weight is 486 g/mol. The van der Waals surface area contributed by atoms with Gasteiger partial charge in [0.15, 0.2) is 5.01 Å². The summed E-state index contributed by atoms with van der Waals surface area (Å²) in [5.74, 6) is -0.476. The minimum atomic E-state index is -0.562. The van der Waals surface area contributed by atoms with Crippen molar-refractivity contribution < 1.29 is 14.3 Å². The minimum absolute atomic E-state index is 0.0922. The molecule has 8 nitrogen and oxygen atoms in total.